The van der Waals surface area contributed by atoms with E-state index in [-0.39, 0.29) is 18.6 Å². The fraction of sp³-hybridized carbons (Fsp3) is 0.478. The molecule has 7 heteroatoms. The molecule has 0 saturated carbocycles. The third kappa shape index (κ3) is 2.91. The van der Waals surface area contributed by atoms with Crippen LogP contribution in [0.25, 0.3) is 11.1 Å². The van der Waals surface area contributed by atoms with Gasteiger partial charge in [-0.2, -0.15) is 0 Å². The molecule has 0 radical (unpaired) electrons. The van der Waals surface area contributed by atoms with Crippen LogP contribution in [0.15, 0.2) is 12.1 Å². The number of rotatable bonds is 4. The van der Waals surface area contributed by atoms with Crippen LogP contribution in [-0.2, 0) is 6.42 Å². The lowest BCUT2D eigenvalue weighted by atomic mass is 9.76. The summed E-state index contributed by atoms with van der Waals surface area (Å²) in [5.41, 5.74) is 3.26. The standard InChI is InChI=1S/C23H28O7/c1-11-7-13-8-15(25-3)20(26-4)22(27-5)17(13)18-14(19(24)12(11)2)9-16-21(23(18)28-6)30-10-29-16/h8-9,11-12,19,24H,7,10H2,1-6H3/t11-,12-,19-/m0/s1. The monoisotopic (exact) mass is 416 g/mol. The van der Waals surface area contributed by atoms with Crippen molar-refractivity contribution in [1.29, 1.82) is 0 Å². The number of hydrogen-bond donors (Lipinski definition) is 1. The van der Waals surface area contributed by atoms with Crippen LogP contribution in [0.3, 0.4) is 0 Å². The molecule has 2 aliphatic rings. The summed E-state index contributed by atoms with van der Waals surface area (Å²) in [7, 11) is 6.36. The lowest BCUT2D eigenvalue weighted by molar-refractivity contribution is 0.0864. The van der Waals surface area contributed by atoms with E-state index in [2.05, 4.69) is 13.8 Å². The first-order valence-electron chi connectivity index (χ1n) is 9.97. The van der Waals surface area contributed by atoms with Crippen LogP contribution in [0, 0.1) is 11.8 Å². The maximum absolute atomic E-state index is 11.3. The quantitative estimate of drug-likeness (QED) is 0.808. The summed E-state index contributed by atoms with van der Waals surface area (Å²) < 4.78 is 34.2. The van der Waals surface area contributed by atoms with E-state index in [1.54, 1.807) is 28.4 Å². The highest BCUT2D eigenvalue weighted by molar-refractivity contribution is 5.88. The van der Waals surface area contributed by atoms with Gasteiger partial charge in [0.25, 0.3) is 0 Å². The molecule has 1 aliphatic carbocycles. The number of hydrogen-bond acceptors (Lipinski definition) is 7. The van der Waals surface area contributed by atoms with Gasteiger partial charge in [0, 0.05) is 11.1 Å². The largest absolute Gasteiger partial charge is 0.493 e. The van der Waals surface area contributed by atoms with E-state index in [1.165, 1.54) is 0 Å². The van der Waals surface area contributed by atoms with Crippen molar-refractivity contribution in [1.82, 2.24) is 0 Å². The van der Waals surface area contributed by atoms with Gasteiger partial charge in [0.2, 0.25) is 18.3 Å². The van der Waals surface area contributed by atoms with E-state index >= 15 is 0 Å². The maximum Gasteiger partial charge on any atom is 0.231 e. The van der Waals surface area contributed by atoms with E-state index in [4.69, 9.17) is 28.4 Å². The van der Waals surface area contributed by atoms with E-state index in [9.17, 15) is 5.11 Å². The summed E-state index contributed by atoms with van der Waals surface area (Å²) in [6, 6.07) is 3.82. The van der Waals surface area contributed by atoms with Crippen molar-refractivity contribution in [2.24, 2.45) is 11.8 Å². The highest BCUT2D eigenvalue weighted by Gasteiger charge is 2.37. The SMILES string of the molecule is COc1cc2c(c(OC)c1OC)-c1c(cc3c(c1OC)OCO3)[C@@H](O)[C@@H](C)[C@@H](C)C2. The predicted octanol–water partition coefficient (Wildman–Crippen LogP) is 3.98. The Morgan fingerprint density at radius 2 is 1.57 bits per heavy atom. The Bertz CT molecular complexity index is 969. The highest BCUT2D eigenvalue weighted by Crippen LogP contribution is 2.58. The van der Waals surface area contributed by atoms with Gasteiger partial charge in [0.05, 0.1) is 34.5 Å². The van der Waals surface area contributed by atoms with Crippen LogP contribution in [0.5, 0.6) is 34.5 Å². The molecule has 0 saturated heterocycles. The first-order chi connectivity index (χ1) is 14.5. The molecule has 162 valence electrons. The number of ether oxygens (including phenoxy) is 6. The minimum Gasteiger partial charge on any atom is -0.493 e. The summed E-state index contributed by atoms with van der Waals surface area (Å²) >= 11 is 0. The smallest absolute Gasteiger partial charge is 0.231 e. The molecule has 7 nitrogen and oxygen atoms in total. The Morgan fingerprint density at radius 3 is 2.20 bits per heavy atom. The molecule has 3 atom stereocenters. The second-order valence-corrected chi connectivity index (χ2v) is 7.77. The fourth-order valence-electron chi connectivity index (χ4n) is 4.49. The Balaban J connectivity index is 2.16. The van der Waals surface area contributed by atoms with E-state index < -0.39 is 6.10 Å². The van der Waals surface area contributed by atoms with Gasteiger partial charge < -0.3 is 33.5 Å². The molecule has 0 aromatic heterocycles. The molecule has 1 aliphatic heterocycles. The Labute approximate surface area is 176 Å². The van der Waals surface area contributed by atoms with Crippen molar-refractivity contribution >= 4 is 0 Å². The Hall–Kier alpha value is -2.80. The van der Waals surface area contributed by atoms with Gasteiger partial charge in [-0.25, -0.2) is 0 Å². The third-order valence-corrected chi connectivity index (χ3v) is 6.27. The summed E-state index contributed by atoms with van der Waals surface area (Å²) in [5.74, 6) is 3.40. The maximum atomic E-state index is 11.3. The zero-order valence-electron chi connectivity index (χ0n) is 18.2. The van der Waals surface area contributed by atoms with Gasteiger partial charge in [-0.3, -0.25) is 0 Å². The van der Waals surface area contributed by atoms with Crippen molar-refractivity contribution in [2.75, 3.05) is 35.2 Å². The first kappa shape index (κ1) is 20.5. The molecule has 0 spiro atoms. The molecular weight excluding hydrogens is 388 g/mol. The number of aliphatic hydroxyl groups excluding tert-OH is 1. The molecule has 4 rings (SSSR count). The average Bonchev–Trinajstić information content (AvgIpc) is 3.23. The summed E-state index contributed by atoms with van der Waals surface area (Å²) in [6.07, 6.45) is 0.00533. The van der Waals surface area contributed by atoms with E-state index in [0.29, 0.717) is 40.1 Å². The fourth-order valence-corrected chi connectivity index (χ4v) is 4.49. The molecule has 1 heterocycles. The van der Waals surface area contributed by atoms with Crippen LogP contribution < -0.4 is 28.4 Å². The molecule has 0 unspecified atom stereocenters. The molecule has 2 aromatic rings. The summed E-state index contributed by atoms with van der Waals surface area (Å²) in [5, 5.41) is 11.3. The van der Waals surface area contributed by atoms with Crippen LogP contribution in [0.1, 0.15) is 31.1 Å². The van der Waals surface area contributed by atoms with Gasteiger partial charge in [-0.05, 0) is 41.5 Å². The van der Waals surface area contributed by atoms with Gasteiger partial charge in [0.15, 0.2) is 23.0 Å². The first-order valence-corrected chi connectivity index (χ1v) is 9.97. The van der Waals surface area contributed by atoms with Crippen LogP contribution >= 0.6 is 0 Å². The summed E-state index contributed by atoms with van der Waals surface area (Å²) in [6.45, 7) is 4.29. The highest BCUT2D eigenvalue weighted by atomic mass is 16.7. The topological polar surface area (TPSA) is 75.6 Å². The van der Waals surface area contributed by atoms with Crippen molar-refractivity contribution in [3.63, 3.8) is 0 Å². The second kappa shape index (κ2) is 7.80. The number of aliphatic hydroxyl groups is 1. The molecule has 2 aromatic carbocycles. The predicted molar refractivity (Wildman–Crippen MR) is 111 cm³/mol. The van der Waals surface area contributed by atoms with Crippen molar-refractivity contribution in [3.8, 4) is 45.6 Å². The van der Waals surface area contributed by atoms with Crippen LogP contribution in [0.2, 0.25) is 0 Å². The number of benzene rings is 2. The Morgan fingerprint density at radius 1 is 0.867 bits per heavy atom. The van der Waals surface area contributed by atoms with E-state index in [0.717, 1.165) is 23.1 Å². The van der Waals surface area contributed by atoms with Crippen molar-refractivity contribution < 1.29 is 33.5 Å². The third-order valence-electron chi connectivity index (χ3n) is 6.27. The Kier molecular flexibility index (Phi) is 5.32. The second-order valence-electron chi connectivity index (χ2n) is 7.77. The molecule has 30 heavy (non-hydrogen) atoms. The van der Waals surface area contributed by atoms with Gasteiger partial charge >= 0.3 is 0 Å². The molecular formula is C23H28O7. The van der Waals surface area contributed by atoms with Crippen LogP contribution in [0.4, 0.5) is 0 Å². The van der Waals surface area contributed by atoms with Gasteiger partial charge in [0.1, 0.15) is 0 Å². The lowest BCUT2D eigenvalue weighted by Crippen LogP contribution is -2.22. The minimum atomic E-state index is -0.718. The average molecular weight is 416 g/mol. The molecule has 0 fully saturated rings. The van der Waals surface area contributed by atoms with Gasteiger partial charge in [-0.15, -0.1) is 0 Å². The molecule has 0 bridgehead atoms. The molecule has 0 amide bonds. The van der Waals surface area contributed by atoms with Crippen molar-refractivity contribution in [3.05, 3.63) is 23.3 Å². The van der Waals surface area contributed by atoms with Crippen LogP contribution in [-0.4, -0.2) is 40.3 Å². The minimum absolute atomic E-state index is 0.000990. The molecule has 1 N–H and O–H groups in total. The number of methoxy groups -OCH3 is 4. The lowest BCUT2D eigenvalue weighted by Gasteiger charge is -2.33. The van der Waals surface area contributed by atoms with Gasteiger partial charge in [-0.1, -0.05) is 13.8 Å². The van der Waals surface area contributed by atoms with Crippen molar-refractivity contribution in [2.45, 2.75) is 26.4 Å². The zero-order valence-corrected chi connectivity index (χ0v) is 18.2. The summed E-state index contributed by atoms with van der Waals surface area (Å²) in [4.78, 5) is 0. The van der Waals surface area contributed by atoms with E-state index in [1.807, 2.05) is 12.1 Å². The number of fused-ring (bicyclic) bond motifs is 4. The normalized spacial score (nSPS) is 21.8. The zero-order chi connectivity index (χ0) is 21.6.